The van der Waals surface area contributed by atoms with E-state index in [1.54, 1.807) is 0 Å². The molecule has 1 N–H and O–H groups in total. The third kappa shape index (κ3) is 2.99. The smallest absolute Gasteiger partial charge is 0.161 e. The molecule has 0 saturated carbocycles. The fourth-order valence-electron chi connectivity index (χ4n) is 1.24. The van der Waals surface area contributed by atoms with Crippen molar-refractivity contribution >= 4 is 5.78 Å². The lowest BCUT2D eigenvalue weighted by atomic mass is 9.98. The minimum atomic E-state index is -0.353. The van der Waals surface area contributed by atoms with Crippen LogP contribution in [0.1, 0.15) is 12.5 Å². The zero-order valence-corrected chi connectivity index (χ0v) is 7.73. The Morgan fingerprint density at radius 3 is 2.54 bits per heavy atom. The number of carbonyl (C=O) groups is 1. The van der Waals surface area contributed by atoms with E-state index in [1.165, 1.54) is 0 Å². The predicted octanol–water partition coefficient (Wildman–Crippen LogP) is 1.43. The maximum Gasteiger partial charge on any atom is 0.161 e. The van der Waals surface area contributed by atoms with E-state index in [1.807, 2.05) is 37.3 Å². The van der Waals surface area contributed by atoms with Crippen LogP contribution in [0.15, 0.2) is 30.3 Å². The maximum absolute atomic E-state index is 11.1. The van der Waals surface area contributed by atoms with Gasteiger partial charge < -0.3 is 5.11 Å². The SMILES string of the molecule is C[C@@H](Cc1ccccc1)C(=O)CO. The Labute approximate surface area is 78.2 Å². The molecule has 1 aromatic carbocycles. The van der Waals surface area contributed by atoms with E-state index in [0.717, 1.165) is 5.56 Å². The molecule has 0 heterocycles. The summed E-state index contributed by atoms with van der Waals surface area (Å²) in [4.78, 5) is 11.1. The molecule has 0 radical (unpaired) electrons. The summed E-state index contributed by atoms with van der Waals surface area (Å²) in [5.41, 5.74) is 1.14. The van der Waals surface area contributed by atoms with Gasteiger partial charge in [-0.25, -0.2) is 0 Å². The second-order valence-corrected chi connectivity index (χ2v) is 3.22. The first kappa shape index (κ1) is 9.93. The quantitative estimate of drug-likeness (QED) is 0.757. The molecule has 0 amide bonds. The fraction of sp³-hybridized carbons (Fsp3) is 0.364. The van der Waals surface area contributed by atoms with Crippen LogP contribution in [-0.2, 0) is 11.2 Å². The van der Waals surface area contributed by atoms with E-state index in [0.29, 0.717) is 6.42 Å². The number of Topliss-reactive ketones (excluding diaryl/α,β-unsaturated/α-hetero) is 1. The van der Waals surface area contributed by atoms with Crippen molar-refractivity contribution in [2.24, 2.45) is 5.92 Å². The zero-order chi connectivity index (χ0) is 9.68. The number of hydrogen-bond acceptors (Lipinski definition) is 2. The summed E-state index contributed by atoms with van der Waals surface area (Å²) < 4.78 is 0. The molecular weight excluding hydrogens is 164 g/mol. The third-order valence-electron chi connectivity index (χ3n) is 2.09. The molecule has 0 aromatic heterocycles. The van der Waals surface area contributed by atoms with Gasteiger partial charge in [0.25, 0.3) is 0 Å². The number of aliphatic hydroxyl groups is 1. The molecule has 2 nitrogen and oxygen atoms in total. The van der Waals surface area contributed by atoms with Crippen molar-refractivity contribution in [1.82, 2.24) is 0 Å². The van der Waals surface area contributed by atoms with Gasteiger partial charge in [-0.2, -0.15) is 0 Å². The number of ketones is 1. The minimum Gasteiger partial charge on any atom is -0.389 e. The van der Waals surface area contributed by atoms with Gasteiger partial charge in [-0.05, 0) is 12.0 Å². The van der Waals surface area contributed by atoms with Crippen LogP contribution < -0.4 is 0 Å². The Hall–Kier alpha value is -1.15. The average molecular weight is 178 g/mol. The van der Waals surface area contributed by atoms with Gasteiger partial charge >= 0.3 is 0 Å². The highest BCUT2D eigenvalue weighted by Gasteiger charge is 2.11. The molecule has 0 aliphatic carbocycles. The maximum atomic E-state index is 11.1. The highest BCUT2D eigenvalue weighted by Crippen LogP contribution is 2.08. The fourth-order valence-corrected chi connectivity index (χ4v) is 1.24. The Morgan fingerprint density at radius 2 is 2.00 bits per heavy atom. The second kappa shape index (κ2) is 4.77. The Morgan fingerprint density at radius 1 is 1.38 bits per heavy atom. The molecule has 13 heavy (non-hydrogen) atoms. The molecule has 1 rings (SSSR count). The molecule has 0 saturated heterocycles. The lowest BCUT2D eigenvalue weighted by Gasteiger charge is -2.07. The molecule has 2 heteroatoms. The van der Waals surface area contributed by atoms with Crippen LogP contribution in [-0.4, -0.2) is 17.5 Å². The summed E-state index contributed by atoms with van der Waals surface area (Å²) >= 11 is 0. The first-order chi connectivity index (χ1) is 6.24. The van der Waals surface area contributed by atoms with Crippen LogP contribution in [0.25, 0.3) is 0 Å². The van der Waals surface area contributed by atoms with Gasteiger partial charge in [-0.15, -0.1) is 0 Å². The molecule has 0 unspecified atom stereocenters. The zero-order valence-electron chi connectivity index (χ0n) is 7.73. The van der Waals surface area contributed by atoms with Crippen molar-refractivity contribution in [3.8, 4) is 0 Å². The number of rotatable bonds is 4. The molecular formula is C11H14O2. The lowest BCUT2D eigenvalue weighted by molar-refractivity contribution is -0.125. The van der Waals surface area contributed by atoms with E-state index >= 15 is 0 Å². The van der Waals surface area contributed by atoms with E-state index < -0.39 is 0 Å². The molecule has 0 aliphatic heterocycles. The molecule has 1 aromatic rings. The molecule has 1 atom stereocenters. The van der Waals surface area contributed by atoms with Gasteiger partial charge in [-0.3, -0.25) is 4.79 Å². The second-order valence-electron chi connectivity index (χ2n) is 3.22. The Kier molecular flexibility index (Phi) is 3.65. The predicted molar refractivity (Wildman–Crippen MR) is 51.4 cm³/mol. The molecule has 0 fully saturated rings. The van der Waals surface area contributed by atoms with Crippen molar-refractivity contribution in [3.05, 3.63) is 35.9 Å². The lowest BCUT2D eigenvalue weighted by Crippen LogP contribution is -2.16. The average Bonchev–Trinajstić information content (AvgIpc) is 2.18. The summed E-state index contributed by atoms with van der Waals surface area (Å²) in [6.45, 7) is 1.49. The first-order valence-corrected chi connectivity index (χ1v) is 4.41. The Bertz CT molecular complexity index is 267. The number of carbonyl (C=O) groups excluding carboxylic acids is 1. The van der Waals surface area contributed by atoms with Crippen molar-refractivity contribution in [2.45, 2.75) is 13.3 Å². The molecule has 0 bridgehead atoms. The van der Waals surface area contributed by atoms with Crippen LogP contribution in [0.2, 0.25) is 0 Å². The first-order valence-electron chi connectivity index (χ1n) is 4.41. The van der Waals surface area contributed by atoms with Crippen LogP contribution >= 0.6 is 0 Å². The third-order valence-corrected chi connectivity index (χ3v) is 2.09. The highest BCUT2D eigenvalue weighted by atomic mass is 16.3. The van der Waals surface area contributed by atoms with Gasteiger partial charge in [-0.1, -0.05) is 37.3 Å². The van der Waals surface area contributed by atoms with Gasteiger partial charge in [0.2, 0.25) is 0 Å². The van der Waals surface area contributed by atoms with Crippen molar-refractivity contribution in [1.29, 1.82) is 0 Å². The van der Waals surface area contributed by atoms with Gasteiger partial charge in [0.1, 0.15) is 6.61 Å². The van der Waals surface area contributed by atoms with Crippen LogP contribution in [0.5, 0.6) is 0 Å². The van der Waals surface area contributed by atoms with E-state index in [9.17, 15) is 4.79 Å². The number of hydrogen-bond donors (Lipinski definition) is 1. The number of aliphatic hydroxyl groups excluding tert-OH is 1. The van der Waals surface area contributed by atoms with Crippen molar-refractivity contribution in [2.75, 3.05) is 6.61 Å². The summed E-state index contributed by atoms with van der Waals surface area (Å²) in [6, 6.07) is 9.82. The Balaban J connectivity index is 2.55. The summed E-state index contributed by atoms with van der Waals surface area (Å²) in [7, 11) is 0. The normalized spacial score (nSPS) is 12.5. The standard InChI is InChI=1S/C11H14O2/c1-9(11(13)8-12)7-10-5-3-2-4-6-10/h2-6,9,12H,7-8H2,1H3/t9-/m0/s1. The van der Waals surface area contributed by atoms with Gasteiger partial charge in [0, 0.05) is 5.92 Å². The van der Waals surface area contributed by atoms with Crippen molar-refractivity contribution in [3.63, 3.8) is 0 Å². The van der Waals surface area contributed by atoms with Crippen LogP contribution in [0, 0.1) is 5.92 Å². The van der Waals surface area contributed by atoms with Gasteiger partial charge in [0.05, 0.1) is 0 Å². The van der Waals surface area contributed by atoms with Crippen LogP contribution in [0.4, 0.5) is 0 Å². The molecule has 70 valence electrons. The topological polar surface area (TPSA) is 37.3 Å². The molecule has 0 aliphatic rings. The summed E-state index contributed by atoms with van der Waals surface area (Å²) in [5.74, 6) is -0.184. The monoisotopic (exact) mass is 178 g/mol. The van der Waals surface area contributed by atoms with Crippen molar-refractivity contribution < 1.29 is 9.90 Å². The summed E-state index contributed by atoms with van der Waals surface area (Å²) in [6.07, 6.45) is 0.709. The minimum absolute atomic E-state index is 0.0904. The van der Waals surface area contributed by atoms with E-state index in [2.05, 4.69) is 0 Å². The van der Waals surface area contributed by atoms with Gasteiger partial charge in [0.15, 0.2) is 5.78 Å². The summed E-state index contributed by atoms with van der Waals surface area (Å²) in [5, 5.41) is 8.63. The number of benzene rings is 1. The van der Waals surface area contributed by atoms with E-state index in [-0.39, 0.29) is 18.3 Å². The molecule has 0 spiro atoms. The highest BCUT2D eigenvalue weighted by molar-refractivity contribution is 5.81. The van der Waals surface area contributed by atoms with E-state index in [4.69, 9.17) is 5.11 Å². The van der Waals surface area contributed by atoms with Crippen LogP contribution in [0.3, 0.4) is 0 Å². The largest absolute Gasteiger partial charge is 0.389 e.